The van der Waals surface area contributed by atoms with Gasteiger partial charge in [0, 0.05) is 34.5 Å². The van der Waals surface area contributed by atoms with Crippen LogP contribution in [0.5, 0.6) is 0 Å². The Labute approximate surface area is 215 Å². The van der Waals surface area contributed by atoms with E-state index in [-0.39, 0.29) is 16.9 Å². The fraction of sp³-hybridized carbons (Fsp3) is 0.200. The van der Waals surface area contributed by atoms with E-state index in [4.69, 9.17) is 28.2 Å². The van der Waals surface area contributed by atoms with E-state index in [2.05, 4.69) is 29.1 Å². The predicted molar refractivity (Wildman–Crippen MR) is 141 cm³/mol. The first-order valence-electron chi connectivity index (χ1n) is 10.9. The normalized spacial score (nSPS) is 11.1. The molecule has 0 aliphatic rings. The van der Waals surface area contributed by atoms with Crippen LogP contribution in [0.15, 0.2) is 53.6 Å². The number of carbonyl (C=O) groups is 1. The van der Waals surface area contributed by atoms with Gasteiger partial charge in [-0.3, -0.25) is 4.79 Å². The van der Waals surface area contributed by atoms with Gasteiger partial charge in [0.25, 0.3) is 0 Å². The molecular weight excluding hydrogens is 507 g/mol. The molecule has 3 aromatic heterocycles. The number of thiazole rings is 1. The predicted octanol–water partition coefficient (Wildman–Crippen LogP) is 6.90. The van der Waals surface area contributed by atoms with Gasteiger partial charge < -0.3 is 15.4 Å². The van der Waals surface area contributed by atoms with Gasteiger partial charge in [-0.25, -0.2) is 14.8 Å². The number of nitrogens with zero attached hydrogens (tertiary/aromatic N) is 2. The molecule has 35 heavy (non-hydrogen) atoms. The number of pyridine rings is 2. The number of hydrogen-bond acceptors (Lipinski definition) is 6. The van der Waals surface area contributed by atoms with Crippen molar-refractivity contribution in [3.8, 4) is 22.4 Å². The van der Waals surface area contributed by atoms with Crippen LogP contribution in [0, 0.1) is 5.92 Å². The minimum absolute atomic E-state index is 0.0298. The van der Waals surface area contributed by atoms with Gasteiger partial charge in [0.15, 0.2) is 5.13 Å². The van der Waals surface area contributed by atoms with E-state index >= 15 is 0 Å². The van der Waals surface area contributed by atoms with Crippen molar-refractivity contribution in [1.29, 1.82) is 0 Å². The Morgan fingerprint density at radius 2 is 1.91 bits per heavy atom. The zero-order valence-corrected chi connectivity index (χ0v) is 21.3. The average Bonchev–Trinajstić information content (AvgIpc) is 3.22. The van der Waals surface area contributed by atoms with Crippen LogP contribution in [-0.2, 0) is 6.42 Å². The largest absolute Gasteiger partial charge is 0.478 e. The van der Waals surface area contributed by atoms with Gasteiger partial charge in [-0.15, -0.1) is 11.3 Å². The molecule has 7 nitrogen and oxygen atoms in total. The van der Waals surface area contributed by atoms with Crippen LogP contribution in [-0.4, -0.2) is 26.0 Å². The topological polar surface area (TPSA) is 108 Å². The van der Waals surface area contributed by atoms with Crippen LogP contribution in [0.3, 0.4) is 0 Å². The van der Waals surface area contributed by atoms with Crippen molar-refractivity contribution in [2.75, 3.05) is 5.32 Å². The molecule has 0 radical (unpaired) electrons. The lowest BCUT2D eigenvalue weighted by molar-refractivity contribution is 0.0697. The Morgan fingerprint density at radius 3 is 2.60 bits per heavy atom. The standard InChI is InChI=1S/C25H22Cl2N4O3S/c1-13(2)3-6-20-22(15-4-5-18(26)19(27)10-15)30-25(35-20)31-23-17(24(33)34)9-16(12-29-23)14-7-8-28-21(32)11-14/h4-5,7-13H,3,6H2,1-2H3,(H,28,32)(H,33,34)(H,29,30,31). The molecule has 0 atom stereocenters. The number of aromatic carboxylic acids is 1. The maximum absolute atomic E-state index is 12.0. The highest BCUT2D eigenvalue weighted by Crippen LogP contribution is 2.37. The smallest absolute Gasteiger partial charge is 0.339 e. The number of nitrogens with one attached hydrogen (secondary N) is 2. The first-order chi connectivity index (χ1) is 16.7. The first-order valence-corrected chi connectivity index (χ1v) is 12.4. The summed E-state index contributed by atoms with van der Waals surface area (Å²) in [5.74, 6) is -0.475. The third-order valence-corrected chi connectivity index (χ3v) is 7.06. The van der Waals surface area contributed by atoms with Crippen LogP contribution in [0.25, 0.3) is 22.4 Å². The number of benzene rings is 1. The van der Waals surface area contributed by atoms with Gasteiger partial charge in [0.05, 0.1) is 15.7 Å². The van der Waals surface area contributed by atoms with Crippen LogP contribution >= 0.6 is 34.5 Å². The first kappa shape index (κ1) is 24.9. The number of halogens is 2. The summed E-state index contributed by atoms with van der Waals surface area (Å²) < 4.78 is 0. The SMILES string of the molecule is CC(C)CCc1sc(Nc2ncc(-c3cc[nH]c(=O)c3)cc2C(=O)O)nc1-c1ccc(Cl)c(Cl)c1. The highest BCUT2D eigenvalue weighted by Gasteiger charge is 2.19. The molecular formula is C25H22Cl2N4O3S. The van der Waals surface area contributed by atoms with E-state index in [1.807, 2.05) is 6.07 Å². The number of hydrogen-bond donors (Lipinski definition) is 3. The molecule has 0 saturated heterocycles. The monoisotopic (exact) mass is 528 g/mol. The van der Waals surface area contributed by atoms with E-state index in [9.17, 15) is 14.7 Å². The number of aryl methyl sites for hydroxylation is 1. The van der Waals surface area contributed by atoms with Crippen molar-refractivity contribution in [2.45, 2.75) is 26.7 Å². The summed E-state index contributed by atoms with van der Waals surface area (Å²) in [7, 11) is 0. The summed E-state index contributed by atoms with van der Waals surface area (Å²) in [6.45, 7) is 4.31. The van der Waals surface area contributed by atoms with Crippen molar-refractivity contribution < 1.29 is 9.90 Å². The van der Waals surface area contributed by atoms with Crippen molar-refractivity contribution in [2.24, 2.45) is 5.92 Å². The van der Waals surface area contributed by atoms with Crippen molar-refractivity contribution in [3.63, 3.8) is 0 Å². The Kier molecular flexibility index (Phi) is 7.54. The van der Waals surface area contributed by atoms with Gasteiger partial charge in [0.1, 0.15) is 11.4 Å². The van der Waals surface area contributed by atoms with E-state index in [0.717, 1.165) is 29.0 Å². The maximum atomic E-state index is 12.0. The van der Waals surface area contributed by atoms with Gasteiger partial charge in [-0.05, 0) is 48.6 Å². The molecule has 0 unspecified atom stereocenters. The molecule has 0 spiro atoms. The number of H-pyrrole nitrogens is 1. The van der Waals surface area contributed by atoms with E-state index in [0.29, 0.717) is 32.2 Å². The third-order valence-electron chi connectivity index (χ3n) is 5.29. The second-order valence-electron chi connectivity index (χ2n) is 8.34. The fourth-order valence-electron chi connectivity index (χ4n) is 3.47. The van der Waals surface area contributed by atoms with Crippen molar-refractivity contribution in [1.82, 2.24) is 15.0 Å². The molecule has 3 heterocycles. The quantitative estimate of drug-likeness (QED) is 0.229. The Bertz CT molecular complexity index is 1450. The van der Waals surface area contributed by atoms with Gasteiger partial charge in [-0.1, -0.05) is 43.1 Å². The zero-order chi connectivity index (χ0) is 25.1. The molecule has 0 amide bonds. The minimum atomic E-state index is -1.15. The number of anilines is 2. The van der Waals surface area contributed by atoms with Crippen LogP contribution in [0.2, 0.25) is 10.0 Å². The molecule has 10 heteroatoms. The van der Waals surface area contributed by atoms with Crippen LogP contribution < -0.4 is 10.9 Å². The molecule has 4 rings (SSSR count). The van der Waals surface area contributed by atoms with Crippen LogP contribution in [0.4, 0.5) is 10.9 Å². The fourth-order valence-corrected chi connectivity index (χ4v) is 4.77. The van der Waals surface area contributed by atoms with E-state index in [1.165, 1.54) is 35.9 Å². The molecule has 0 aliphatic heterocycles. The zero-order valence-electron chi connectivity index (χ0n) is 18.9. The summed E-state index contributed by atoms with van der Waals surface area (Å²) in [4.78, 5) is 36.3. The van der Waals surface area contributed by atoms with Gasteiger partial charge in [0.2, 0.25) is 5.56 Å². The Hall–Kier alpha value is -3.20. The molecule has 1 aromatic carbocycles. The minimum Gasteiger partial charge on any atom is -0.478 e. The molecule has 0 fully saturated rings. The second kappa shape index (κ2) is 10.6. The van der Waals surface area contributed by atoms with Gasteiger partial charge >= 0.3 is 5.97 Å². The van der Waals surface area contributed by atoms with E-state index < -0.39 is 5.97 Å². The molecule has 0 saturated carbocycles. The molecule has 4 aromatic rings. The van der Waals surface area contributed by atoms with E-state index in [1.54, 1.807) is 18.2 Å². The number of rotatable bonds is 8. The number of carboxylic acid groups (broad SMARTS) is 1. The Morgan fingerprint density at radius 1 is 1.11 bits per heavy atom. The van der Waals surface area contributed by atoms with Gasteiger partial charge in [-0.2, -0.15) is 0 Å². The summed E-state index contributed by atoms with van der Waals surface area (Å²) >= 11 is 13.8. The van der Waals surface area contributed by atoms with Crippen molar-refractivity contribution >= 4 is 51.5 Å². The lowest BCUT2D eigenvalue weighted by atomic mass is 10.0. The summed E-state index contributed by atoms with van der Waals surface area (Å²) in [6, 6.07) is 9.93. The lowest BCUT2D eigenvalue weighted by Crippen LogP contribution is -2.06. The summed E-state index contributed by atoms with van der Waals surface area (Å²) in [6.07, 6.45) is 4.81. The third kappa shape index (κ3) is 5.90. The Balaban J connectivity index is 1.71. The number of aromatic amines is 1. The molecule has 0 bridgehead atoms. The number of carboxylic acids is 1. The van der Waals surface area contributed by atoms with Crippen LogP contribution in [0.1, 0.15) is 35.5 Å². The highest BCUT2D eigenvalue weighted by molar-refractivity contribution is 7.16. The van der Waals surface area contributed by atoms with Crippen molar-refractivity contribution in [3.05, 3.63) is 79.6 Å². The lowest BCUT2D eigenvalue weighted by Gasteiger charge is -2.08. The molecule has 180 valence electrons. The molecule has 0 aliphatic carbocycles. The highest BCUT2D eigenvalue weighted by atomic mass is 35.5. The maximum Gasteiger partial charge on any atom is 0.339 e. The second-order valence-corrected chi connectivity index (χ2v) is 10.2. The molecule has 3 N–H and O–H groups in total. The summed E-state index contributed by atoms with van der Waals surface area (Å²) in [5.41, 5.74) is 2.38. The summed E-state index contributed by atoms with van der Waals surface area (Å²) in [5, 5.41) is 14.3. The number of aromatic nitrogens is 3. The average molecular weight is 529 g/mol.